The zero-order chi connectivity index (χ0) is 17.2. The number of methoxy groups -OCH3 is 1. The van der Waals surface area contributed by atoms with Crippen LogP contribution >= 0.6 is 24.0 Å². The fourth-order valence-electron chi connectivity index (χ4n) is 2.38. The molecule has 0 saturated heterocycles. The van der Waals surface area contributed by atoms with Gasteiger partial charge in [-0.3, -0.25) is 4.99 Å². The van der Waals surface area contributed by atoms with Gasteiger partial charge in [0.05, 0.1) is 12.3 Å². The van der Waals surface area contributed by atoms with Crippen molar-refractivity contribution in [3.05, 3.63) is 48.3 Å². The third kappa shape index (κ3) is 7.43. The van der Waals surface area contributed by atoms with E-state index in [-0.39, 0.29) is 30.0 Å². The van der Waals surface area contributed by atoms with Gasteiger partial charge in [0, 0.05) is 38.6 Å². The van der Waals surface area contributed by atoms with E-state index >= 15 is 0 Å². The summed E-state index contributed by atoms with van der Waals surface area (Å²) in [5.41, 5.74) is 2.33. The average molecular weight is 457 g/mol. The van der Waals surface area contributed by atoms with E-state index in [1.165, 1.54) is 5.56 Å². The monoisotopic (exact) mass is 457 g/mol. The molecule has 1 atom stereocenters. The largest absolute Gasteiger partial charge is 0.383 e. The average Bonchev–Trinajstić information content (AvgIpc) is 3.10. The number of hydrogen-bond donors (Lipinski definition) is 2. The lowest BCUT2D eigenvalue weighted by atomic mass is 10.1. The van der Waals surface area contributed by atoms with Gasteiger partial charge in [-0.1, -0.05) is 12.1 Å². The van der Waals surface area contributed by atoms with Crippen LogP contribution in [-0.2, 0) is 11.2 Å². The van der Waals surface area contributed by atoms with E-state index in [1.54, 1.807) is 13.3 Å². The number of aromatic nitrogens is 2. The Kier molecular flexibility index (Phi) is 10.2. The zero-order valence-electron chi connectivity index (χ0n) is 15.1. The molecule has 25 heavy (non-hydrogen) atoms. The van der Waals surface area contributed by atoms with Gasteiger partial charge in [-0.2, -0.15) is 5.10 Å². The van der Waals surface area contributed by atoms with Crippen LogP contribution in [0.4, 0.5) is 0 Å². The molecule has 7 heteroatoms. The zero-order valence-corrected chi connectivity index (χ0v) is 17.4. The predicted molar refractivity (Wildman–Crippen MR) is 113 cm³/mol. The Bertz CT molecular complexity index is 613. The number of halogens is 1. The highest BCUT2D eigenvalue weighted by molar-refractivity contribution is 14.0. The van der Waals surface area contributed by atoms with Gasteiger partial charge >= 0.3 is 0 Å². The third-order valence-electron chi connectivity index (χ3n) is 3.52. The summed E-state index contributed by atoms with van der Waals surface area (Å²) in [6, 6.07) is 10.6. The molecular weight excluding hydrogens is 429 g/mol. The van der Waals surface area contributed by atoms with E-state index in [9.17, 15) is 0 Å². The van der Waals surface area contributed by atoms with Gasteiger partial charge in [-0.25, -0.2) is 4.68 Å². The summed E-state index contributed by atoms with van der Waals surface area (Å²) >= 11 is 0. The van der Waals surface area contributed by atoms with Crippen molar-refractivity contribution in [1.29, 1.82) is 0 Å². The van der Waals surface area contributed by atoms with Gasteiger partial charge in [-0.15, -0.1) is 24.0 Å². The topological polar surface area (TPSA) is 63.5 Å². The molecule has 0 aliphatic carbocycles. The molecular formula is C18H28IN5O. The van der Waals surface area contributed by atoms with Crippen LogP contribution in [0.5, 0.6) is 0 Å². The second-order valence-electron chi connectivity index (χ2n) is 5.63. The van der Waals surface area contributed by atoms with Crippen molar-refractivity contribution in [2.75, 3.05) is 26.8 Å². The number of nitrogens with zero attached hydrogens (tertiary/aromatic N) is 3. The van der Waals surface area contributed by atoms with Gasteiger partial charge in [0.2, 0.25) is 0 Å². The number of nitrogens with one attached hydrogen (secondary N) is 2. The van der Waals surface area contributed by atoms with E-state index in [0.717, 1.165) is 31.2 Å². The molecule has 2 aromatic rings. The summed E-state index contributed by atoms with van der Waals surface area (Å²) in [7, 11) is 1.70. The lowest BCUT2D eigenvalue weighted by Crippen LogP contribution is -2.44. The lowest BCUT2D eigenvalue weighted by molar-refractivity contribution is 0.179. The van der Waals surface area contributed by atoms with Crippen LogP contribution in [0.1, 0.15) is 19.4 Å². The highest BCUT2D eigenvalue weighted by atomic mass is 127. The molecule has 2 rings (SSSR count). The van der Waals surface area contributed by atoms with Crippen molar-refractivity contribution in [3.8, 4) is 5.69 Å². The Balaban J connectivity index is 0.00000312. The maximum atomic E-state index is 5.15. The number of rotatable bonds is 8. The first-order valence-corrected chi connectivity index (χ1v) is 8.35. The Hall–Kier alpha value is -1.61. The molecule has 1 aromatic heterocycles. The van der Waals surface area contributed by atoms with E-state index in [0.29, 0.717) is 6.61 Å². The maximum Gasteiger partial charge on any atom is 0.191 e. The molecule has 1 heterocycles. The SMILES string of the molecule is CCNC(=NCCc1ccc(-n2cccn2)cc1)NC(C)COC.I. The first kappa shape index (κ1) is 21.4. The molecule has 0 spiro atoms. The van der Waals surface area contributed by atoms with E-state index < -0.39 is 0 Å². The molecule has 0 amide bonds. The van der Waals surface area contributed by atoms with E-state index in [2.05, 4.69) is 58.8 Å². The fraction of sp³-hybridized carbons (Fsp3) is 0.444. The Labute approximate surface area is 167 Å². The van der Waals surface area contributed by atoms with Gasteiger partial charge < -0.3 is 15.4 Å². The summed E-state index contributed by atoms with van der Waals surface area (Å²) in [6.07, 6.45) is 4.62. The molecule has 0 aliphatic heterocycles. The molecule has 0 radical (unpaired) electrons. The predicted octanol–water partition coefficient (Wildman–Crippen LogP) is 2.62. The summed E-state index contributed by atoms with van der Waals surface area (Å²) in [5.74, 6) is 0.829. The van der Waals surface area contributed by atoms with Crippen molar-refractivity contribution < 1.29 is 4.74 Å². The van der Waals surface area contributed by atoms with Crippen LogP contribution in [-0.4, -0.2) is 48.6 Å². The Morgan fingerprint density at radius 1 is 1.32 bits per heavy atom. The van der Waals surface area contributed by atoms with Crippen LogP contribution in [0.15, 0.2) is 47.7 Å². The molecule has 0 fully saturated rings. The number of benzene rings is 1. The van der Waals surface area contributed by atoms with Crippen molar-refractivity contribution >= 4 is 29.9 Å². The molecule has 0 aliphatic rings. The molecule has 0 saturated carbocycles. The fourth-order valence-corrected chi connectivity index (χ4v) is 2.38. The summed E-state index contributed by atoms with van der Waals surface area (Å²) in [4.78, 5) is 4.62. The summed E-state index contributed by atoms with van der Waals surface area (Å²) < 4.78 is 7.00. The molecule has 2 N–H and O–H groups in total. The van der Waals surface area contributed by atoms with Crippen molar-refractivity contribution in [3.63, 3.8) is 0 Å². The van der Waals surface area contributed by atoms with Crippen molar-refractivity contribution in [1.82, 2.24) is 20.4 Å². The van der Waals surface area contributed by atoms with E-state index in [1.807, 2.05) is 16.9 Å². The maximum absolute atomic E-state index is 5.15. The third-order valence-corrected chi connectivity index (χ3v) is 3.52. The number of hydrogen-bond acceptors (Lipinski definition) is 3. The number of aliphatic imine (C=N–C) groups is 1. The van der Waals surface area contributed by atoms with Gasteiger partial charge in [0.15, 0.2) is 5.96 Å². The highest BCUT2D eigenvalue weighted by Gasteiger charge is 2.04. The van der Waals surface area contributed by atoms with Crippen molar-refractivity contribution in [2.24, 2.45) is 4.99 Å². The Morgan fingerprint density at radius 2 is 2.08 bits per heavy atom. The molecule has 138 valence electrons. The molecule has 1 aromatic carbocycles. The van der Waals surface area contributed by atoms with Crippen LogP contribution < -0.4 is 10.6 Å². The van der Waals surface area contributed by atoms with Crippen LogP contribution in [0, 0.1) is 0 Å². The lowest BCUT2D eigenvalue weighted by Gasteiger charge is -2.17. The standard InChI is InChI=1S/C18H27N5O.HI/c1-4-19-18(22-15(2)14-24-3)20-12-10-16-6-8-17(9-7-16)23-13-5-11-21-23;/h5-9,11,13,15H,4,10,12,14H2,1-3H3,(H2,19,20,22);1H. The summed E-state index contributed by atoms with van der Waals surface area (Å²) in [6.45, 7) is 6.36. The van der Waals surface area contributed by atoms with Crippen LogP contribution in [0.2, 0.25) is 0 Å². The minimum atomic E-state index is 0. The normalized spacial score (nSPS) is 12.4. The second kappa shape index (κ2) is 11.9. The molecule has 6 nitrogen and oxygen atoms in total. The smallest absolute Gasteiger partial charge is 0.191 e. The summed E-state index contributed by atoms with van der Waals surface area (Å²) in [5, 5.41) is 10.8. The van der Waals surface area contributed by atoms with Gasteiger partial charge in [-0.05, 0) is 44.0 Å². The molecule has 1 unspecified atom stereocenters. The Morgan fingerprint density at radius 3 is 2.68 bits per heavy atom. The second-order valence-corrected chi connectivity index (χ2v) is 5.63. The number of ether oxygens (including phenoxy) is 1. The van der Waals surface area contributed by atoms with Gasteiger partial charge in [0.25, 0.3) is 0 Å². The highest BCUT2D eigenvalue weighted by Crippen LogP contribution is 2.09. The first-order chi connectivity index (χ1) is 11.7. The molecule has 0 bridgehead atoms. The van der Waals surface area contributed by atoms with Crippen LogP contribution in [0.25, 0.3) is 5.69 Å². The first-order valence-electron chi connectivity index (χ1n) is 8.35. The van der Waals surface area contributed by atoms with Crippen molar-refractivity contribution in [2.45, 2.75) is 26.3 Å². The minimum Gasteiger partial charge on any atom is -0.383 e. The van der Waals surface area contributed by atoms with Crippen LogP contribution in [0.3, 0.4) is 0 Å². The van der Waals surface area contributed by atoms with E-state index in [4.69, 9.17) is 4.74 Å². The number of guanidine groups is 1. The van der Waals surface area contributed by atoms with Gasteiger partial charge in [0.1, 0.15) is 0 Å². The quantitative estimate of drug-likeness (QED) is 0.364. The minimum absolute atomic E-state index is 0.